The van der Waals surface area contributed by atoms with E-state index in [2.05, 4.69) is 10.0 Å². The number of piperidine rings is 2. The Hall–Kier alpha value is -0.0800. The van der Waals surface area contributed by atoms with Gasteiger partial charge in [0.15, 0.2) is 26.2 Å². The molecule has 0 bridgehead atoms. The van der Waals surface area contributed by atoms with Gasteiger partial charge in [-0.05, 0) is 12.8 Å². The highest BCUT2D eigenvalue weighted by Crippen LogP contribution is 2.12. The van der Waals surface area contributed by atoms with Gasteiger partial charge in [-0.2, -0.15) is 0 Å². The smallest absolute Gasteiger partial charge is 0.0417 e. The minimum Gasteiger partial charge on any atom is -0.0417 e. The maximum atomic E-state index is 2.59. The average Bonchev–Trinajstić information content (AvgIpc) is 2.21. The molecule has 0 spiro atoms. The van der Waals surface area contributed by atoms with Gasteiger partial charge in [-0.25, -0.2) is 0 Å². The molecule has 2 saturated heterocycles. The lowest BCUT2D eigenvalue weighted by Gasteiger charge is -2.19. The van der Waals surface area contributed by atoms with E-state index in [1.165, 1.54) is 64.7 Å². The molecule has 12 heavy (non-hydrogen) atoms. The molecule has 0 aliphatic carbocycles. The van der Waals surface area contributed by atoms with Gasteiger partial charge in [-0.3, -0.25) is 0 Å². The number of hydrogen-bond donors (Lipinski definition) is 0. The molecule has 2 heteroatoms. The van der Waals surface area contributed by atoms with Crippen molar-refractivity contribution in [1.29, 1.82) is 0 Å². The lowest BCUT2D eigenvalue weighted by molar-refractivity contribution is 0.125. The van der Waals surface area contributed by atoms with Crippen molar-refractivity contribution < 1.29 is 0 Å². The fourth-order valence-corrected chi connectivity index (χ4v) is 2.32. The van der Waals surface area contributed by atoms with Crippen LogP contribution in [-0.2, 0) is 0 Å². The van der Waals surface area contributed by atoms with Crippen LogP contribution in [0.15, 0.2) is 0 Å². The second-order valence-corrected chi connectivity index (χ2v) is 4.03. The van der Waals surface area contributed by atoms with Crippen molar-refractivity contribution >= 4 is 0 Å². The molecule has 2 fully saturated rings. The Morgan fingerprint density at radius 1 is 0.417 bits per heavy atom. The summed E-state index contributed by atoms with van der Waals surface area (Å²) < 4.78 is 0. The Bertz CT molecular complexity index is 108. The fourth-order valence-electron chi connectivity index (χ4n) is 2.32. The molecule has 0 aromatic rings. The van der Waals surface area contributed by atoms with E-state index in [0.29, 0.717) is 0 Å². The van der Waals surface area contributed by atoms with Crippen LogP contribution in [0.2, 0.25) is 0 Å². The van der Waals surface area contributed by atoms with Crippen molar-refractivity contribution in [2.75, 3.05) is 26.2 Å². The maximum Gasteiger partial charge on any atom is 0.183 e. The Balaban J connectivity index is 1.80. The largest absolute Gasteiger partial charge is 0.183 e. The summed E-state index contributed by atoms with van der Waals surface area (Å²) in [5, 5.41) is 5.17. The highest BCUT2D eigenvalue weighted by atomic mass is 15.6. The summed E-state index contributed by atoms with van der Waals surface area (Å²) in [6.07, 6.45) is 8.55. The molecule has 2 aliphatic heterocycles. The SMILES string of the molecule is C1CC[N+]([N+]2CCCCC2)CC1. The normalized spacial score (nSPS) is 29.0. The van der Waals surface area contributed by atoms with E-state index in [4.69, 9.17) is 0 Å². The standard InChI is InChI=1S/C10H20N2/c1-3-7-11(8-4-1)12-9-5-2-6-10-12/h1-10H2/q+2. The lowest BCUT2D eigenvalue weighted by Crippen LogP contribution is -2.56. The molecule has 0 atom stereocenters. The predicted molar refractivity (Wildman–Crippen MR) is 51.4 cm³/mol. The van der Waals surface area contributed by atoms with E-state index in [-0.39, 0.29) is 0 Å². The summed E-state index contributed by atoms with van der Waals surface area (Å²) in [7, 11) is 0. The molecule has 0 saturated carbocycles. The molecular formula is C10H20N2+2. The van der Waals surface area contributed by atoms with Crippen molar-refractivity contribution in [1.82, 2.24) is 10.0 Å². The molecule has 68 valence electrons. The van der Waals surface area contributed by atoms with Gasteiger partial charge in [0.1, 0.15) is 0 Å². The number of rotatable bonds is 1. The van der Waals surface area contributed by atoms with Crippen LogP contribution in [0.25, 0.3) is 0 Å². The second-order valence-electron chi connectivity index (χ2n) is 4.03. The van der Waals surface area contributed by atoms with Gasteiger partial charge >= 0.3 is 0 Å². The van der Waals surface area contributed by atoms with Gasteiger partial charge in [0, 0.05) is 25.7 Å². The number of hydrogen-bond acceptors (Lipinski definition) is 2. The van der Waals surface area contributed by atoms with Gasteiger partial charge in [-0.1, -0.05) is 0 Å². The Labute approximate surface area is 75.5 Å². The van der Waals surface area contributed by atoms with E-state index >= 15 is 0 Å². The quantitative estimate of drug-likeness (QED) is 0.527. The van der Waals surface area contributed by atoms with Crippen molar-refractivity contribution in [2.24, 2.45) is 0 Å². The van der Waals surface area contributed by atoms with Crippen LogP contribution in [-0.4, -0.2) is 26.2 Å². The number of nitrogens with zero attached hydrogens (tertiary/aromatic N) is 2. The summed E-state index contributed by atoms with van der Waals surface area (Å²) in [5.41, 5.74) is 0. The summed E-state index contributed by atoms with van der Waals surface area (Å²) >= 11 is 0. The first kappa shape index (κ1) is 8.52. The van der Waals surface area contributed by atoms with Gasteiger partial charge in [0.25, 0.3) is 0 Å². The zero-order valence-electron chi connectivity index (χ0n) is 7.97. The van der Waals surface area contributed by atoms with Crippen LogP contribution in [0, 0.1) is 0 Å². The summed E-state index contributed by atoms with van der Waals surface area (Å²) in [6, 6.07) is 0. The highest BCUT2D eigenvalue weighted by Gasteiger charge is 2.37. The molecule has 0 amide bonds. The first-order chi connectivity index (χ1) is 5.97. The first-order valence-corrected chi connectivity index (χ1v) is 5.46. The second kappa shape index (κ2) is 4.24. The molecule has 2 nitrogen and oxygen atoms in total. The molecule has 0 aromatic heterocycles. The monoisotopic (exact) mass is 168 g/mol. The third kappa shape index (κ3) is 1.99. The Morgan fingerprint density at radius 3 is 1.08 bits per heavy atom. The molecular weight excluding hydrogens is 148 g/mol. The van der Waals surface area contributed by atoms with E-state index in [1.54, 1.807) is 0 Å². The Kier molecular flexibility index (Phi) is 3.01. The van der Waals surface area contributed by atoms with Crippen molar-refractivity contribution in [3.8, 4) is 0 Å². The van der Waals surface area contributed by atoms with Gasteiger partial charge in [-0.15, -0.1) is 0 Å². The molecule has 0 unspecified atom stereocenters. The van der Waals surface area contributed by atoms with Crippen LogP contribution in [0.3, 0.4) is 0 Å². The third-order valence-electron chi connectivity index (χ3n) is 3.06. The average molecular weight is 168 g/mol. The molecule has 2 rings (SSSR count). The van der Waals surface area contributed by atoms with Crippen LogP contribution in [0.4, 0.5) is 0 Å². The first-order valence-electron chi connectivity index (χ1n) is 5.46. The molecule has 2 radical (unpaired) electrons. The van der Waals surface area contributed by atoms with E-state index in [9.17, 15) is 0 Å². The minimum absolute atomic E-state index is 1.32. The lowest BCUT2D eigenvalue weighted by atomic mass is 10.1. The molecule has 0 N–H and O–H groups in total. The Morgan fingerprint density at radius 2 is 0.750 bits per heavy atom. The van der Waals surface area contributed by atoms with Crippen LogP contribution in [0.1, 0.15) is 38.5 Å². The minimum atomic E-state index is 1.32. The van der Waals surface area contributed by atoms with E-state index in [0.717, 1.165) is 0 Å². The summed E-state index contributed by atoms with van der Waals surface area (Å²) in [6.45, 7) is 5.28. The van der Waals surface area contributed by atoms with Gasteiger partial charge in [0.2, 0.25) is 0 Å². The van der Waals surface area contributed by atoms with Crippen molar-refractivity contribution in [2.45, 2.75) is 38.5 Å². The highest BCUT2D eigenvalue weighted by molar-refractivity contribution is 4.75. The third-order valence-corrected chi connectivity index (χ3v) is 3.06. The summed E-state index contributed by atoms with van der Waals surface area (Å²) in [5.74, 6) is 0. The topological polar surface area (TPSA) is 11.8 Å². The van der Waals surface area contributed by atoms with Gasteiger partial charge in [0.05, 0.1) is 10.0 Å². The summed E-state index contributed by atoms with van der Waals surface area (Å²) in [4.78, 5) is 0. The van der Waals surface area contributed by atoms with Crippen LogP contribution >= 0.6 is 0 Å². The number of hydrazine groups is 1. The molecule has 2 aliphatic rings. The fraction of sp³-hybridized carbons (Fsp3) is 1.00. The zero-order valence-corrected chi connectivity index (χ0v) is 7.97. The maximum absolute atomic E-state index is 2.59. The van der Waals surface area contributed by atoms with E-state index < -0.39 is 0 Å². The van der Waals surface area contributed by atoms with Crippen molar-refractivity contribution in [3.63, 3.8) is 0 Å². The molecule has 2 heterocycles. The predicted octanol–water partition coefficient (Wildman–Crippen LogP) is 1.55. The van der Waals surface area contributed by atoms with Crippen LogP contribution < -0.4 is 10.0 Å². The van der Waals surface area contributed by atoms with E-state index in [1.807, 2.05) is 0 Å². The zero-order chi connectivity index (χ0) is 8.23. The molecule has 0 aromatic carbocycles. The van der Waals surface area contributed by atoms with Gasteiger partial charge < -0.3 is 0 Å². The van der Waals surface area contributed by atoms with Crippen molar-refractivity contribution in [3.05, 3.63) is 0 Å². The van der Waals surface area contributed by atoms with Crippen LogP contribution in [0.5, 0.6) is 0 Å².